The van der Waals surface area contributed by atoms with Crippen LogP contribution in [0.1, 0.15) is 16.4 Å². The summed E-state index contributed by atoms with van der Waals surface area (Å²) in [5, 5.41) is 12.2. The van der Waals surface area contributed by atoms with Crippen molar-refractivity contribution in [2.24, 2.45) is 0 Å². The molecule has 1 amide bonds. The van der Waals surface area contributed by atoms with Crippen molar-refractivity contribution in [3.8, 4) is 0 Å². The van der Waals surface area contributed by atoms with Crippen LogP contribution in [-0.4, -0.2) is 45.1 Å². The van der Waals surface area contributed by atoms with Crippen LogP contribution >= 0.6 is 11.8 Å². The van der Waals surface area contributed by atoms with Gasteiger partial charge in [0.05, 0.1) is 6.54 Å². The van der Waals surface area contributed by atoms with Gasteiger partial charge in [-0.3, -0.25) is 4.79 Å². The standard InChI is InChI=1S/C18H19N5OS/c1-22(2)17(24)16(15-11-7-4-8-12-15)25-18-19-20-21-23(18)13-14-9-5-3-6-10-14/h3-12,16H,13H2,1-2H3/t16-/m1/s1. The molecule has 25 heavy (non-hydrogen) atoms. The SMILES string of the molecule is CN(C)C(=O)[C@H](Sc1nnnn1Cc1ccccc1)c1ccccc1. The van der Waals surface area contributed by atoms with E-state index in [2.05, 4.69) is 15.5 Å². The Kier molecular flexibility index (Phi) is 5.45. The summed E-state index contributed by atoms with van der Waals surface area (Å²) in [4.78, 5) is 14.3. The zero-order valence-corrected chi connectivity index (χ0v) is 14.9. The molecule has 3 rings (SSSR count). The van der Waals surface area contributed by atoms with Gasteiger partial charge in [0, 0.05) is 14.1 Å². The lowest BCUT2D eigenvalue weighted by molar-refractivity contribution is -0.128. The number of hydrogen-bond acceptors (Lipinski definition) is 5. The van der Waals surface area contributed by atoms with E-state index in [1.807, 2.05) is 60.7 Å². The number of rotatable bonds is 6. The third-order valence-corrected chi connectivity index (χ3v) is 4.88. The second-order valence-corrected chi connectivity index (χ2v) is 6.82. The molecule has 0 spiro atoms. The maximum Gasteiger partial charge on any atom is 0.240 e. The molecule has 0 unspecified atom stereocenters. The van der Waals surface area contributed by atoms with Gasteiger partial charge in [-0.2, -0.15) is 0 Å². The van der Waals surface area contributed by atoms with Crippen LogP contribution in [0.5, 0.6) is 0 Å². The van der Waals surface area contributed by atoms with E-state index in [1.54, 1.807) is 23.7 Å². The Morgan fingerprint density at radius 1 is 1.08 bits per heavy atom. The maximum atomic E-state index is 12.7. The van der Waals surface area contributed by atoms with Gasteiger partial charge in [0.2, 0.25) is 11.1 Å². The lowest BCUT2D eigenvalue weighted by Gasteiger charge is -2.20. The molecule has 1 aromatic heterocycles. The summed E-state index contributed by atoms with van der Waals surface area (Å²) in [5.41, 5.74) is 2.03. The van der Waals surface area contributed by atoms with Crippen LogP contribution in [0.4, 0.5) is 0 Å². The van der Waals surface area contributed by atoms with Crippen molar-refractivity contribution >= 4 is 17.7 Å². The number of aromatic nitrogens is 4. The highest BCUT2D eigenvalue weighted by molar-refractivity contribution is 8.00. The summed E-state index contributed by atoms with van der Waals surface area (Å²) >= 11 is 1.37. The van der Waals surface area contributed by atoms with Crippen LogP contribution in [0.15, 0.2) is 65.8 Å². The first kappa shape index (κ1) is 17.2. The van der Waals surface area contributed by atoms with E-state index >= 15 is 0 Å². The number of benzene rings is 2. The van der Waals surface area contributed by atoms with E-state index in [9.17, 15) is 4.79 Å². The van der Waals surface area contributed by atoms with Gasteiger partial charge < -0.3 is 4.90 Å². The molecule has 0 bridgehead atoms. The molecule has 3 aromatic rings. The summed E-state index contributed by atoms with van der Waals surface area (Å²) in [6.07, 6.45) is 0. The van der Waals surface area contributed by atoms with Gasteiger partial charge >= 0.3 is 0 Å². The number of nitrogens with zero attached hydrogens (tertiary/aromatic N) is 5. The van der Waals surface area contributed by atoms with Crippen molar-refractivity contribution in [1.82, 2.24) is 25.1 Å². The number of tetrazole rings is 1. The number of carbonyl (C=O) groups excluding carboxylic acids is 1. The van der Waals surface area contributed by atoms with Gasteiger partial charge in [0.1, 0.15) is 5.25 Å². The molecular formula is C18H19N5OS. The predicted octanol–water partition coefficient (Wildman–Crippen LogP) is 2.64. The molecule has 0 fully saturated rings. The summed E-state index contributed by atoms with van der Waals surface area (Å²) in [7, 11) is 3.51. The molecule has 0 N–H and O–H groups in total. The molecule has 1 heterocycles. The van der Waals surface area contributed by atoms with Gasteiger partial charge in [-0.05, 0) is 21.6 Å². The van der Waals surface area contributed by atoms with Crippen LogP contribution in [0, 0.1) is 0 Å². The summed E-state index contributed by atoms with van der Waals surface area (Å²) in [5.74, 6) is 0.00506. The lowest BCUT2D eigenvalue weighted by atomic mass is 10.1. The minimum atomic E-state index is -0.392. The second-order valence-electron chi connectivity index (χ2n) is 5.75. The van der Waals surface area contributed by atoms with Crippen LogP contribution in [0.25, 0.3) is 0 Å². The minimum absolute atomic E-state index is 0.00506. The Labute approximate surface area is 150 Å². The third-order valence-electron chi connectivity index (χ3n) is 3.66. The second kappa shape index (κ2) is 7.94. The Balaban J connectivity index is 1.86. The fourth-order valence-electron chi connectivity index (χ4n) is 2.37. The molecule has 0 saturated heterocycles. The fourth-order valence-corrected chi connectivity index (χ4v) is 3.49. The lowest BCUT2D eigenvalue weighted by Crippen LogP contribution is -2.27. The minimum Gasteiger partial charge on any atom is -0.348 e. The number of thioether (sulfide) groups is 1. The van der Waals surface area contributed by atoms with Crippen molar-refractivity contribution in [2.75, 3.05) is 14.1 Å². The zero-order valence-electron chi connectivity index (χ0n) is 14.1. The smallest absolute Gasteiger partial charge is 0.240 e. The van der Waals surface area contributed by atoms with E-state index in [4.69, 9.17) is 0 Å². The highest BCUT2D eigenvalue weighted by Crippen LogP contribution is 2.35. The molecule has 6 nitrogen and oxygen atoms in total. The molecule has 0 saturated carbocycles. The average molecular weight is 353 g/mol. The normalized spacial score (nSPS) is 11.9. The van der Waals surface area contributed by atoms with E-state index in [0.29, 0.717) is 11.7 Å². The number of likely N-dealkylation sites (N-methyl/N-ethyl adjacent to an activating group) is 1. The monoisotopic (exact) mass is 353 g/mol. The van der Waals surface area contributed by atoms with Gasteiger partial charge in [0.25, 0.3) is 0 Å². The third kappa shape index (κ3) is 4.24. The first-order valence-electron chi connectivity index (χ1n) is 7.88. The van der Waals surface area contributed by atoms with Crippen molar-refractivity contribution in [2.45, 2.75) is 17.0 Å². The Bertz CT molecular complexity index is 820. The van der Waals surface area contributed by atoms with Crippen LogP contribution < -0.4 is 0 Å². The highest BCUT2D eigenvalue weighted by Gasteiger charge is 2.26. The number of amides is 1. The van der Waals surface area contributed by atoms with Crippen molar-refractivity contribution < 1.29 is 4.79 Å². The predicted molar refractivity (Wildman–Crippen MR) is 97.1 cm³/mol. The maximum absolute atomic E-state index is 12.7. The summed E-state index contributed by atoms with van der Waals surface area (Å²) < 4.78 is 1.72. The Morgan fingerprint density at radius 2 is 1.72 bits per heavy atom. The molecule has 0 aliphatic heterocycles. The van der Waals surface area contributed by atoms with Crippen molar-refractivity contribution in [3.63, 3.8) is 0 Å². The van der Waals surface area contributed by atoms with E-state index in [-0.39, 0.29) is 5.91 Å². The van der Waals surface area contributed by atoms with Crippen LogP contribution in [0.2, 0.25) is 0 Å². The van der Waals surface area contributed by atoms with Gasteiger partial charge in [-0.1, -0.05) is 72.4 Å². The largest absolute Gasteiger partial charge is 0.348 e. The molecular weight excluding hydrogens is 334 g/mol. The van der Waals surface area contributed by atoms with Crippen LogP contribution in [0.3, 0.4) is 0 Å². The van der Waals surface area contributed by atoms with Gasteiger partial charge in [-0.25, -0.2) is 4.68 Å². The molecule has 0 radical (unpaired) electrons. The topological polar surface area (TPSA) is 63.9 Å². The molecule has 1 atom stereocenters. The van der Waals surface area contributed by atoms with Crippen LogP contribution in [-0.2, 0) is 11.3 Å². The van der Waals surface area contributed by atoms with Crippen molar-refractivity contribution in [1.29, 1.82) is 0 Å². The first-order valence-corrected chi connectivity index (χ1v) is 8.76. The molecule has 128 valence electrons. The quantitative estimate of drug-likeness (QED) is 0.638. The zero-order chi connectivity index (χ0) is 17.6. The van der Waals surface area contributed by atoms with Crippen molar-refractivity contribution in [3.05, 3.63) is 71.8 Å². The van der Waals surface area contributed by atoms with E-state index < -0.39 is 5.25 Å². The van der Waals surface area contributed by atoms with E-state index in [1.165, 1.54) is 11.8 Å². The average Bonchev–Trinajstić information content (AvgIpc) is 3.07. The number of hydrogen-bond donors (Lipinski definition) is 0. The fraction of sp³-hybridized carbons (Fsp3) is 0.222. The van der Waals surface area contributed by atoms with Gasteiger partial charge in [0.15, 0.2) is 0 Å². The Hall–Kier alpha value is -2.67. The van der Waals surface area contributed by atoms with E-state index in [0.717, 1.165) is 11.1 Å². The Morgan fingerprint density at radius 3 is 2.36 bits per heavy atom. The molecule has 0 aliphatic rings. The first-order chi connectivity index (χ1) is 12.1. The summed E-state index contributed by atoms with van der Waals surface area (Å²) in [6.45, 7) is 0.563. The van der Waals surface area contributed by atoms with Gasteiger partial charge in [-0.15, -0.1) is 5.10 Å². The molecule has 2 aromatic carbocycles. The molecule has 7 heteroatoms. The summed E-state index contributed by atoms with van der Waals surface area (Å²) in [6, 6.07) is 19.7. The number of carbonyl (C=O) groups is 1. The molecule has 0 aliphatic carbocycles. The highest BCUT2D eigenvalue weighted by atomic mass is 32.2.